The van der Waals surface area contributed by atoms with Crippen LogP contribution < -0.4 is 14.8 Å². The first kappa shape index (κ1) is 19.2. The summed E-state index contributed by atoms with van der Waals surface area (Å²) in [6, 6.07) is 13.9. The van der Waals surface area contributed by atoms with Crippen LogP contribution in [0.1, 0.15) is 5.56 Å². The molecule has 2 aromatic rings. The van der Waals surface area contributed by atoms with Crippen molar-refractivity contribution >= 4 is 27.5 Å². The maximum Gasteiger partial charge on any atom is 0.244 e. The first-order chi connectivity index (χ1) is 11.9. The van der Waals surface area contributed by atoms with Crippen LogP contribution in [0.2, 0.25) is 5.02 Å². The van der Waals surface area contributed by atoms with Crippen molar-refractivity contribution in [2.24, 2.45) is 0 Å². The van der Waals surface area contributed by atoms with E-state index >= 15 is 0 Å². The van der Waals surface area contributed by atoms with Crippen LogP contribution in [0.3, 0.4) is 0 Å². The van der Waals surface area contributed by atoms with E-state index in [0.29, 0.717) is 13.0 Å². The van der Waals surface area contributed by atoms with Crippen LogP contribution in [-0.4, -0.2) is 34.5 Å². The fraction of sp³-hybridized carbons (Fsp3) is 0.235. The van der Waals surface area contributed by atoms with Crippen molar-refractivity contribution in [3.05, 3.63) is 59.1 Å². The number of amides is 1. The van der Waals surface area contributed by atoms with Gasteiger partial charge in [0.25, 0.3) is 0 Å². The fourth-order valence-electron chi connectivity index (χ4n) is 2.15. The number of carbonyl (C=O) groups excluding carboxylic acids is 1. The Morgan fingerprint density at radius 1 is 1.16 bits per heavy atom. The van der Waals surface area contributed by atoms with Gasteiger partial charge in [-0.25, -0.2) is 13.1 Å². The predicted molar refractivity (Wildman–Crippen MR) is 96.3 cm³/mol. The largest absolute Gasteiger partial charge is 0.495 e. The molecule has 0 bridgehead atoms. The third kappa shape index (κ3) is 5.74. The maximum absolute atomic E-state index is 12.3. The van der Waals surface area contributed by atoms with Gasteiger partial charge in [0.05, 0.1) is 13.7 Å². The zero-order valence-corrected chi connectivity index (χ0v) is 15.2. The molecule has 0 aliphatic rings. The smallest absolute Gasteiger partial charge is 0.244 e. The van der Waals surface area contributed by atoms with E-state index in [1.807, 2.05) is 30.3 Å². The Morgan fingerprint density at radius 2 is 1.88 bits per heavy atom. The Labute approximate surface area is 152 Å². The van der Waals surface area contributed by atoms with Gasteiger partial charge in [-0.3, -0.25) is 4.79 Å². The molecule has 0 aromatic heterocycles. The van der Waals surface area contributed by atoms with Crippen LogP contribution in [0.15, 0.2) is 53.4 Å². The predicted octanol–water partition coefficient (Wildman–Crippen LogP) is 1.99. The summed E-state index contributed by atoms with van der Waals surface area (Å²) >= 11 is 5.84. The molecule has 2 aromatic carbocycles. The molecule has 0 aliphatic heterocycles. The molecule has 1 amide bonds. The lowest BCUT2D eigenvalue weighted by molar-refractivity contribution is -0.119. The standard InChI is InChI=1S/C17H19ClN2O4S/c1-24-15-8-7-14(18)11-16(15)25(22,23)20-12-17(21)19-10-9-13-5-3-2-4-6-13/h2-8,11,20H,9-10,12H2,1H3,(H,19,21). The average Bonchev–Trinajstić information content (AvgIpc) is 2.61. The highest BCUT2D eigenvalue weighted by atomic mass is 35.5. The van der Waals surface area contributed by atoms with E-state index in [1.54, 1.807) is 0 Å². The van der Waals surface area contributed by atoms with Gasteiger partial charge in [-0.05, 0) is 30.2 Å². The van der Waals surface area contributed by atoms with Crippen molar-refractivity contribution in [3.8, 4) is 5.75 Å². The molecule has 8 heteroatoms. The Hall–Kier alpha value is -2.09. The molecule has 0 heterocycles. The minimum absolute atomic E-state index is 0.111. The number of halogens is 1. The molecule has 0 spiro atoms. The Morgan fingerprint density at radius 3 is 2.56 bits per heavy atom. The normalized spacial score (nSPS) is 11.1. The van der Waals surface area contributed by atoms with Crippen LogP contribution in [0.4, 0.5) is 0 Å². The average molecular weight is 383 g/mol. The summed E-state index contributed by atoms with van der Waals surface area (Å²) in [6.45, 7) is 0.0534. The number of carbonyl (C=O) groups is 1. The van der Waals surface area contributed by atoms with Crippen molar-refractivity contribution in [1.82, 2.24) is 10.0 Å². The molecule has 25 heavy (non-hydrogen) atoms. The quantitative estimate of drug-likeness (QED) is 0.731. The van der Waals surface area contributed by atoms with E-state index in [2.05, 4.69) is 10.0 Å². The number of hydrogen-bond acceptors (Lipinski definition) is 4. The van der Waals surface area contributed by atoms with Crippen LogP contribution in [0.25, 0.3) is 0 Å². The summed E-state index contributed by atoms with van der Waals surface area (Å²) in [4.78, 5) is 11.7. The summed E-state index contributed by atoms with van der Waals surface area (Å²) in [6.07, 6.45) is 0.668. The minimum atomic E-state index is -3.92. The highest BCUT2D eigenvalue weighted by Crippen LogP contribution is 2.26. The number of ether oxygens (including phenoxy) is 1. The third-order valence-corrected chi connectivity index (χ3v) is 5.07. The molecule has 2 N–H and O–H groups in total. The van der Waals surface area contributed by atoms with Gasteiger partial charge >= 0.3 is 0 Å². The monoisotopic (exact) mass is 382 g/mol. The SMILES string of the molecule is COc1ccc(Cl)cc1S(=O)(=O)NCC(=O)NCCc1ccccc1. The number of rotatable bonds is 8. The molecule has 0 unspecified atom stereocenters. The molecule has 0 aliphatic carbocycles. The van der Waals surface area contributed by atoms with Crippen LogP contribution in [-0.2, 0) is 21.2 Å². The second kappa shape index (κ2) is 8.84. The summed E-state index contributed by atoms with van der Waals surface area (Å²) < 4.78 is 31.9. The number of hydrogen-bond donors (Lipinski definition) is 2. The van der Waals surface area contributed by atoms with E-state index in [4.69, 9.17) is 16.3 Å². The topological polar surface area (TPSA) is 84.5 Å². The highest BCUT2D eigenvalue weighted by molar-refractivity contribution is 7.89. The van der Waals surface area contributed by atoms with Crippen molar-refractivity contribution in [1.29, 1.82) is 0 Å². The second-order valence-electron chi connectivity index (χ2n) is 5.21. The molecule has 0 saturated heterocycles. The molecule has 0 fully saturated rings. The molecule has 134 valence electrons. The molecule has 6 nitrogen and oxygen atoms in total. The Balaban J connectivity index is 1.89. The Kier molecular flexibility index (Phi) is 6.81. The van der Waals surface area contributed by atoms with E-state index in [0.717, 1.165) is 5.56 Å². The third-order valence-electron chi connectivity index (χ3n) is 3.42. The van der Waals surface area contributed by atoms with Crippen molar-refractivity contribution in [2.75, 3.05) is 20.2 Å². The lowest BCUT2D eigenvalue weighted by Crippen LogP contribution is -2.37. The first-order valence-electron chi connectivity index (χ1n) is 7.56. The minimum Gasteiger partial charge on any atom is -0.495 e. The lowest BCUT2D eigenvalue weighted by atomic mass is 10.1. The van der Waals surface area contributed by atoms with Gasteiger partial charge in [-0.2, -0.15) is 0 Å². The van der Waals surface area contributed by atoms with Gasteiger partial charge in [-0.15, -0.1) is 0 Å². The number of nitrogens with one attached hydrogen (secondary N) is 2. The molecular formula is C17H19ClN2O4S. The van der Waals surface area contributed by atoms with E-state index < -0.39 is 15.9 Å². The molecular weight excluding hydrogens is 364 g/mol. The van der Waals surface area contributed by atoms with Crippen molar-refractivity contribution in [3.63, 3.8) is 0 Å². The van der Waals surface area contributed by atoms with Crippen LogP contribution in [0.5, 0.6) is 5.75 Å². The number of methoxy groups -OCH3 is 1. The lowest BCUT2D eigenvalue weighted by Gasteiger charge is -2.11. The molecule has 0 saturated carbocycles. The summed E-state index contributed by atoms with van der Waals surface area (Å²) in [5, 5.41) is 2.93. The fourth-order valence-corrected chi connectivity index (χ4v) is 3.56. The number of benzene rings is 2. The van der Waals surface area contributed by atoms with Gasteiger partial charge in [0.15, 0.2) is 0 Å². The van der Waals surface area contributed by atoms with Gasteiger partial charge in [0.1, 0.15) is 10.6 Å². The molecule has 0 radical (unpaired) electrons. The van der Waals surface area contributed by atoms with Crippen LogP contribution >= 0.6 is 11.6 Å². The summed E-state index contributed by atoms with van der Waals surface area (Å²) in [7, 11) is -2.56. The van der Waals surface area contributed by atoms with Crippen molar-refractivity contribution in [2.45, 2.75) is 11.3 Å². The summed E-state index contributed by atoms with van der Waals surface area (Å²) in [5.41, 5.74) is 1.09. The second-order valence-corrected chi connectivity index (χ2v) is 7.38. The van der Waals surface area contributed by atoms with Crippen molar-refractivity contribution < 1.29 is 17.9 Å². The molecule has 2 rings (SSSR count). The summed E-state index contributed by atoms with van der Waals surface area (Å²) in [5.74, 6) is -0.262. The van der Waals surface area contributed by atoms with Gasteiger partial charge in [0.2, 0.25) is 15.9 Å². The molecule has 0 atom stereocenters. The van der Waals surface area contributed by atoms with Gasteiger partial charge < -0.3 is 10.1 Å². The maximum atomic E-state index is 12.3. The van der Waals surface area contributed by atoms with Gasteiger partial charge in [-0.1, -0.05) is 41.9 Å². The van der Waals surface area contributed by atoms with E-state index in [9.17, 15) is 13.2 Å². The zero-order valence-electron chi connectivity index (χ0n) is 13.7. The highest BCUT2D eigenvalue weighted by Gasteiger charge is 2.20. The van der Waals surface area contributed by atoms with E-state index in [-0.39, 0.29) is 22.2 Å². The Bertz CT molecular complexity index is 826. The first-order valence-corrected chi connectivity index (χ1v) is 9.42. The van der Waals surface area contributed by atoms with Gasteiger partial charge in [0, 0.05) is 11.6 Å². The zero-order chi connectivity index (χ0) is 18.3. The van der Waals surface area contributed by atoms with E-state index in [1.165, 1.54) is 25.3 Å². The van der Waals surface area contributed by atoms with Crippen LogP contribution in [0, 0.1) is 0 Å². The number of sulfonamides is 1.